The van der Waals surface area contributed by atoms with E-state index in [-0.39, 0.29) is 10.9 Å². The molecular formula is C12H15Br2NO2S. The standard InChI is InChI=1S/C12H15Br2NO2S/c1-8-2-4-10(6-8)15-18(16,17)12-7-9(13)3-5-11(12)14/h3,5,7-8,10,15H,2,4,6H2,1H3. The summed E-state index contributed by atoms with van der Waals surface area (Å²) in [4.78, 5) is 0.288. The zero-order valence-corrected chi connectivity index (χ0v) is 14.0. The summed E-state index contributed by atoms with van der Waals surface area (Å²) < 4.78 is 28.7. The molecule has 2 rings (SSSR count). The second-order valence-electron chi connectivity index (χ2n) is 4.81. The van der Waals surface area contributed by atoms with Crippen molar-refractivity contribution in [3.8, 4) is 0 Å². The third kappa shape index (κ3) is 3.35. The van der Waals surface area contributed by atoms with Crippen LogP contribution in [0.3, 0.4) is 0 Å². The van der Waals surface area contributed by atoms with Crippen molar-refractivity contribution in [3.05, 3.63) is 27.1 Å². The molecule has 1 aliphatic carbocycles. The van der Waals surface area contributed by atoms with Crippen LogP contribution in [0.2, 0.25) is 0 Å². The number of nitrogens with one attached hydrogen (secondary N) is 1. The van der Waals surface area contributed by atoms with Crippen LogP contribution in [0.5, 0.6) is 0 Å². The Morgan fingerprint density at radius 3 is 2.61 bits per heavy atom. The van der Waals surface area contributed by atoms with E-state index < -0.39 is 10.0 Å². The zero-order valence-electron chi connectivity index (χ0n) is 9.99. The average molecular weight is 397 g/mol. The minimum Gasteiger partial charge on any atom is -0.208 e. The topological polar surface area (TPSA) is 46.2 Å². The first-order chi connectivity index (χ1) is 8.38. The Morgan fingerprint density at radius 2 is 2.00 bits per heavy atom. The lowest BCUT2D eigenvalue weighted by Crippen LogP contribution is -2.33. The third-order valence-electron chi connectivity index (χ3n) is 3.20. The average Bonchev–Trinajstić information content (AvgIpc) is 2.66. The summed E-state index contributed by atoms with van der Waals surface area (Å²) in [5.41, 5.74) is 0. The summed E-state index contributed by atoms with van der Waals surface area (Å²) in [6, 6.07) is 5.22. The van der Waals surface area contributed by atoms with Crippen LogP contribution in [0.4, 0.5) is 0 Å². The van der Waals surface area contributed by atoms with Crippen molar-refractivity contribution in [2.24, 2.45) is 5.92 Å². The summed E-state index contributed by atoms with van der Waals surface area (Å²) in [5, 5.41) is 0. The summed E-state index contributed by atoms with van der Waals surface area (Å²) in [6.45, 7) is 2.16. The smallest absolute Gasteiger partial charge is 0.208 e. The fraction of sp³-hybridized carbons (Fsp3) is 0.500. The second-order valence-corrected chi connectivity index (χ2v) is 8.26. The zero-order chi connectivity index (χ0) is 13.3. The highest BCUT2D eigenvalue weighted by Crippen LogP contribution is 2.29. The summed E-state index contributed by atoms with van der Waals surface area (Å²) in [5.74, 6) is 0.601. The molecule has 1 N–H and O–H groups in total. The molecule has 0 bridgehead atoms. The first-order valence-electron chi connectivity index (χ1n) is 5.86. The number of benzene rings is 1. The van der Waals surface area contributed by atoms with Crippen molar-refractivity contribution < 1.29 is 8.42 Å². The lowest BCUT2D eigenvalue weighted by Gasteiger charge is -2.14. The molecule has 3 nitrogen and oxygen atoms in total. The Balaban J connectivity index is 2.23. The molecule has 1 aromatic carbocycles. The van der Waals surface area contributed by atoms with Crippen molar-refractivity contribution in [1.82, 2.24) is 4.72 Å². The van der Waals surface area contributed by atoms with Gasteiger partial charge in [-0.05, 0) is 59.3 Å². The van der Waals surface area contributed by atoms with Crippen molar-refractivity contribution in [2.45, 2.75) is 37.1 Å². The normalized spacial score (nSPS) is 24.4. The van der Waals surface area contributed by atoms with E-state index in [1.165, 1.54) is 0 Å². The highest BCUT2D eigenvalue weighted by molar-refractivity contribution is 9.11. The third-order valence-corrected chi connectivity index (χ3v) is 6.21. The minimum absolute atomic E-state index is 0.0656. The number of sulfonamides is 1. The first-order valence-corrected chi connectivity index (χ1v) is 8.93. The Bertz CT molecular complexity index is 545. The molecule has 100 valence electrons. The van der Waals surface area contributed by atoms with Gasteiger partial charge in [-0.3, -0.25) is 0 Å². The Hall–Kier alpha value is 0.0900. The Labute approximate surface area is 125 Å². The lowest BCUT2D eigenvalue weighted by molar-refractivity contribution is 0.538. The molecule has 0 radical (unpaired) electrons. The van der Waals surface area contributed by atoms with Crippen LogP contribution in [-0.4, -0.2) is 14.5 Å². The fourth-order valence-electron chi connectivity index (χ4n) is 2.28. The summed E-state index contributed by atoms with van der Waals surface area (Å²) in [6.07, 6.45) is 2.93. The molecule has 1 fully saturated rings. The Morgan fingerprint density at radius 1 is 1.28 bits per heavy atom. The van der Waals surface area contributed by atoms with Gasteiger partial charge in [-0.2, -0.15) is 0 Å². The second kappa shape index (κ2) is 5.61. The summed E-state index contributed by atoms with van der Waals surface area (Å²) >= 11 is 6.59. The van der Waals surface area contributed by atoms with E-state index in [1.54, 1.807) is 18.2 Å². The van der Waals surface area contributed by atoms with Gasteiger partial charge in [0.2, 0.25) is 10.0 Å². The maximum Gasteiger partial charge on any atom is 0.241 e. The van der Waals surface area contributed by atoms with Crippen molar-refractivity contribution >= 4 is 41.9 Å². The monoisotopic (exact) mass is 395 g/mol. The number of rotatable bonds is 3. The molecule has 0 saturated heterocycles. The van der Waals surface area contributed by atoms with Gasteiger partial charge in [0.15, 0.2) is 0 Å². The van der Waals surface area contributed by atoms with Gasteiger partial charge >= 0.3 is 0 Å². The van der Waals surface area contributed by atoms with E-state index in [9.17, 15) is 8.42 Å². The van der Waals surface area contributed by atoms with Crippen molar-refractivity contribution in [3.63, 3.8) is 0 Å². The van der Waals surface area contributed by atoms with Gasteiger partial charge in [0.25, 0.3) is 0 Å². The van der Waals surface area contributed by atoms with Crippen LogP contribution in [0.1, 0.15) is 26.2 Å². The molecular weight excluding hydrogens is 382 g/mol. The molecule has 0 spiro atoms. The van der Waals surface area contributed by atoms with E-state index in [0.29, 0.717) is 10.4 Å². The minimum atomic E-state index is -3.45. The van der Waals surface area contributed by atoms with Crippen LogP contribution in [0, 0.1) is 5.92 Å². The van der Waals surface area contributed by atoms with E-state index in [2.05, 4.69) is 43.5 Å². The molecule has 0 amide bonds. The van der Waals surface area contributed by atoms with Crippen LogP contribution in [-0.2, 0) is 10.0 Å². The van der Waals surface area contributed by atoms with Gasteiger partial charge in [0.05, 0.1) is 4.90 Å². The van der Waals surface area contributed by atoms with Gasteiger partial charge in [0.1, 0.15) is 0 Å². The van der Waals surface area contributed by atoms with Gasteiger partial charge in [-0.25, -0.2) is 13.1 Å². The largest absolute Gasteiger partial charge is 0.241 e. The highest BCUT2D eigenvalue weighted by atomic mass is 79.9. The fourth-order valence-corrected chi connectivity index (χ4v) is 5.07. The van der Waals surface area contributed by atoms with E-state index in [0.717, 1.165) is 23.7 Å². The maximum atomic E-state index is 12.3. The van der Waals surface area contributed by atoms with Gasteiger partial charge < -0.3 is 0 Å². The molecule has 18 heavy (non-hydrogen) atoms. The number of hydrogen-bond acceptors (Lipinski definition) is 2. The number of hydrogen-bond donors (Lipinski definition) is 1. The van der Waals surface area contributed by atoms with Gasteiger partial charge in [0, 0.05) is 15.0 Å². The Kier molecular flexibility index (Phi) is 4.52. The first kappa shape index (κ1) is 14.5. The number of halogens is 2. The highest BCUT2D eigenvalue weighted by Gasteiger charge is 2.27. The SMILES string of the molecule is CC1CCC(NS(=O)(=O)c2cc(Br)ccc2Br)C1. The molecule has 1 saturated carbocycles. The van der Waals surface area contributed by atoms with Crippen LogP contribution in [0.15, 0.2) is 32.0 Å². The molecule has 1 aromatic rings. The van der Waals surface area contributed by atoms with Crippen LogP contribution < -0.4 is 4.72 Å². The van der Waals surface area contributed by atoms with Crippen LogP contribution >= 0.6 is 31.9 Å². The van der Waals surface area contributed by atoms with Crippen molar-refractivity contribution in [2.75, 3.05) is 0 Å². The molecule has 6 heteroatoms. The molecule has 1 aliphatic rings. The van der Waals surface area contributed by atoms with Gasteiger partial charge in [-0.1, -0.05) is 22.9 Å². The predicted octanol–water partition coefficient (Wildman–Crippen LogP) is 3.68. The van der Waals surface area contributed by atoms with E-state index in [4.69, 9.17) is 0 Å². The molecule has 2 atom stereocenters. The molecule has 0 aliphatic heterocycles. The summed E-state index contributed by atoms with van der Waals surface area (Å²) in [7, 11) is -3.45. The lowest BCUT2D eigenvalue weighted by atomic mass is 10.1. The maximum absolute atomic E-state index is 12.3. The van der Waals surface area contributed by atoms with Gasteiger partial charge in [-0.15, -0.1) is 0 Å². The molecule has 0 heterocycles. The van der Waals surface area contributed by atoms with E-state index in [1.807, 2.05) is 0 Å². The molecule has 0 aromatic heterocycles. The molecule has 2 unspecified atom stereocenters. The van der Waals surface area contributed by atoms with E-state index >= 15 is 0 Å². The quantitative estimate of drug-likeness (QED) is 0.846. The van der Waals surface area contributed by atoms with Crippen molar-refractivity contribution in [1.29, 1.82) is 0 Å². The predicted molar refractivity (Wildman–Crippen MR) is 79.0 cm³/mol. The van der Waals surface area contributed by atoms with Crippen LogP contribution in [0.25, 0.3) is 0 Å².